The molecule has 0 radical (unpaired) electrons. The summed E-state index contributed by atoms with van der Waals surface area (Å²) in [5.41, 5.74) is 7.72. The second-order valence-corrected chi connectivity index (χ2v) is 3.64. The molecule has 1 aromatic carbocycles. The van der Waals surface area contributed by atoms with Crippen molar-refractivity contribution in [2.75, 3.05) is 5.32 Å². The highest BCUT2D eigenvalue weighted by Crippen LogP contribution is 2.15. The number of thiocarbonyl (C=S) groups is 1. The maximum Gasteiger partial charge on any atom is 0.307 e. The highest BCUT2D eigenvalue weighted by molar-refractivity contribution is 7.80. The van der Waals surface area contributed by atoms with E-state index in [4.69, 9.17) is 23.1 Å². The molecule has 0 aliphatic carbocycles. The Balaban J connectivity index is 2.94. The highest BCUT2D eigenvalue weighted by Gasteiger charge is 2.05. The minimum Gasteiger partial charge on any atom is -0.481 e. The quantitative estimate of drug-likeness (QED) is 0.674. The summed E-state index contributed by atoms with van der Waals surface area (Å²) in [7, 11) is 0. The summed E-state index contributed by atoms with van der Waals surface area (Å²) in [5.74, 6) is -0.856. The molecule has 0 saturated carbocycles. The number of carboxylic acids is 1. The lowest BCUT2D eigenvalue weighted by Crippen LogP contribution is -2.19. The second kappa shape index (κ2) is 4.75. The van der Waals surface area contributed by atoms with Gasteiger partial charge in [-0.2, -0.15) is 0 Å². The van der Waals surface area contributed by atoms with E-state index in [9.17, 15) is 4.79 Å². The van der Waals surface area contributed by atoms with Crippen molar-refractivity contribution in [1.82, 2.24) is 0 Å². The molecule has 5 heteroatoms. The Hall–Kier alpha value is -1.62. The van der Waals surface area contributed by atoms with Crippen LogP contribution in [0, 0.1) is 6.92 Å². The Morgan fingerprint density at radius 1 is 1.60 bits per heavy atom. The van der Waals surface area contributed by atoms with Crippen molar-refractivity contribution in [1.29, 1.82) is 0 Å². The van der Waals surface area contributed by atoms with Crippen LogP contribution in [0.3, 0.4) is 0 Å². The van der Waals surface area contributed by atoms with Crippen LogP contribution in [0.15, 0.2) is 18.2 Å². The van der Waals surface area contributed by atoms with Crippen LogP contribution in [0.5, 0.6) is 0 Å². The third kappa shape index (κ3) is 3.55. The number of nitrogens with one attached hydrogen (secondary N) is 1. The van der Waals surface area contributed by atoms with E-state index in [1.54, 1.807) is 12.1 Å². The fourth-order valence-corrected chi connectivity index (χ4v) is 1.36. The van der Waals surface area contributed by atoms with E-state index in [1.165, 1.54) is 0 Å². The van der Waals surface area contributed by atoms with Gasteiger partial charge in [-0.05, 0) is 42.4 Å². The van der Waals surface area contributed by atoms with Gasteiger partial charge in [-0.1, -0.05) is 6.07 Å². The number of aryl methyl sites for hydroxylation is 1. The van der Waals surface area contributed by atoms with Gasteiger partial charge in [-0.15, -0.1) is 0 Å². The van der Waals surface area contributed by atoms with Gasteiger partial charge < -0.3 is 16.2 Å². The number of aliphatic carboxylic acids is 1. The van der Waals surface area contributed by atoms with Crippen molar-refractivity contribution >= 4 is 29.0 Å². The lowest BCUT2D eigenvalue weighted by molar-refractivity contribution is -0.136. The molecule has 0 fully saturated rings. The van der Waals surface area contributed by atoms with Gasteiger partial charge in [0.15, 0.2) is 5.11 Å². The Bertz CT molecular complexity index is 404. The fourth-order valence-electron chi connectivity index (χ4n) is 1.24. The van der Waals surface area contributed by atoms with Crippen molar-refractivity contribution in [2.24, 2.45) is 5.73 Å². The van der Waals surface area contributed by atoms with Gasteiger partial charge in [0.05, 0.1) is 6.42 Å². The van der Waals surface area contributed by atoms with E-state index >= 15 is 0 Å². The Morgan fingerprint density at radius 2 is 2.27 bits per heavy atom. The second-order valence-electron chi connectivity index (χ2n) is 3.20. The van der Waals surface area contributed by atoms with Gasteiger partial charge in [0.25, 0.3) is 0 Å². The average Bonchev–Trinajstić information content (AvgIpc) is 2.09. The molecule has 0 bridgehead atoms. The van der Waals surface area contributed by atoms with Crippen molar-refractivity contribution in [3.05, 3.63) is 29.3 Å². The third-order valence-electron chi connectivity index (χ3n) is 1.96. The van der Waals surface area contributed by atoms with Gasteiger partial charge in [0, 0.05) is 5.69 Å². The molecule has 0 atom stereocenters. The van der Waals surface area contributed by atoms with E-state index < -0.39 is 5.97 Å². The molecule has 4 nitrogen and oxygen atoms in total. The number of benzene rings is 1. The Morgan fingerprint density at radius 3 is 2.80 bits per heavy atom. The summed E-state index contributed by atoms with van der Waals surface area (Å²) in [6.45, 7) is 1.86. The predicted molar refractivity (Wildman–Crippen MR) is 62.9 cm³/mol. The summed E-state index contributed by atoms with van der Waals surface area (Å²) >= 11 is 4.69. The van der Waals surface area contributed by atoms with Gasteiger partial charge >= 0.3 is 5.97 Å². The van der Waals surface area contributed by atoms with Gasteiger partial charge in [0.2, 0.25) is 0 Å². The molecule has 0 heterocycles. The van der Waals surface area contributed by atoms with Crippen LogP contribution in [-0.4, -0.2) is 16.2 Å². The number of hydrogen-bond donors (Lipinski definition) is 3. The topological polar surface area (TPSA) is 75.3 Å². The van der Waals surface area contributed by atoms with Gasteiger partial charge in [0.1, 0.15) is 0 Å². The summed E-state index contributed by atoms with van der Waals surface area (Å²) in [5, 5.41) is 11.6. The van der Waals surface area contributed by atoms with Crippen LogP contribution in [0.25, 0.3) is 0 Å². The standard InChI is InChI=1S/C10H12N2O2S/c1-6-2-3-8(12-10(11)15)4-7(6)5-9(13)14/h2-4H,5H2,1H3,(H,13,14)(H3,11,12,15). The lowest BCUT2D eigenvalue weighted by Gasteiger charge is -2.08. The molecule has 0 amide bonds. The molecular formula is C10H12N2O2S. The molecule has 0 unspecified atom stereocenters. The zero-order valence-corrected chi connectivity index (χ0v) is 9.10. The summed E-state index contributed by atoms with van der Waals surface area (Å²) < 4.78 is 0. The first-order valence-electron chi connectivity index (χ1n) is 4.37. The van der Waals surface area contributed by atoms with Crippen LogP contribution in [0.4, 0.5) is 5.69 Å². The van der Waals surface area contributed by atoms with E-state index in [0.29, 0.717) is 5.69 Å². The fraction of sp³-hybridized carbons (Fsp3) is 0.200. The average molecular weight is 224 g/mol. The molecule has 80 valence electrons. The number of rotatable bonds is 3. The van der Waals surface area contributed by atoms with Crippen molar-refractivity contribution in [2.45, 2.75) is 13.3 Å². The van der Waals surface area contributed by atoms with Crippen LogP contribution in [0.1, 0.15) is 11.1 Å². The molecule has 0 saturated heterocycles. The van der Waals surface area contributed by atoms with E-state index in [1.807, 2.05) is 13.0 Å². The first-order valence-corrected chi connectivity index (χ1v) is 4.77. The highest BCUT2D eigenvalue weighted by atomic mass is 32.1. The predicted octanol–water partition coefficient (Wildman–Crippen LogP) is 1.28. The molecule has 0 aliphatic heterocycles. The van der Waals surface area contributed by atoms with Crippen molar-refractivity contribution in [3.8, 4) is 0 Å². The van der Waals surface area contributed by atoms with Crippen LogP contribution in [0.2, 0.25) is 0 Å². The molecule has 0 aliphatic rings. The number of anilines is 1. The summed E-state index contributed by atoms with van der Waals surface area (Å²) in [4.78, 5) is 10.6. The molecule has 0 spiro atoms. The smallest absolute Gasteiger partial charge is 0.307 e. The van der Waals surface area contributed by atoms with Crippen molar-refractivity contribution < 1.29 is 9.90 Å². The van der Waals surface area contributed by atoms with Crippen LogP contribution in [-0.2, 0) is 11.2 Å². The van der Waals surface area contributed by atoms with Crippen molar-refractivity contribution in [3.63, 3.8) is 0 Å². The van der Waals surface area contributed by atoms with Crippen LogP contribution >= 0.6 is 12.2 Å². The molecule has 1 rings (SSSR count). The number of hydrogen-bond acceptors (Lipinski definition) is 2. The number of carbonyl (C=O) groups is 1. The molecule has 4 N–H and O–H groups in total. The molecule has 15 heavy (non-hydrogen) atoms. The largest absolute Gasteiger partial charge is 0.481 e. The first kappa shape index (κ1) is 11.5. The van der Waals surface area contributed by atoms with E-state index in [-0.39, 0.29) is 11.5 Å². The monoisotopic (exact) mass is 224 g/mol. The number of carboxylic acid groups (broad SMARTS) is 1. The number of nitrogens with two attached hydrogens (primary N) is 1. The van der Waals surface area contributed by atoms with Gasteiger partial charge in [-0.25, -0.2) is 0 Å². The normalized spacial score (nSPS) is 9.67. The van der Waals surface area contributed by atoms with Gasteiger partial charge in [-0.3, -0.25) is 4.79 Å². The van der Waals surface area contributed by atoms with Crippen LogP contribution < -0.4 is 11.1 Å². The minimum absolute atomic E-state index is 0.00130. The maximum absolute atomic E-state index is 10.6. The summed E-state index contributed by atoms with van der Waals surface area (Å²) in [6, 6.07) is 5.38. The zero-order chi connectivity index (χ0) is 11.4. The Kier molecular flexibility index (Phi) is 3.62. The molecule has 0 aromatic heterocycles. The lowest BCUT2D eigenvalue weighted by atomic mass is 10.1. The maximum atomic E-state index is 10.6. The van der Waals surface area contributed by atoms with E-state index in [0.717, 1.165) is 11.1 Å². The molecular weight excluding hydrogens is 212 g/mol. The molecule has 1 aromatic rings. The summed E-state index contributed by atoms with van der Waals surface area (Å²) in [6.07, 6.45) is -0.00130. The third-order valence-corrected chi connectivity index (χ3v) is 2.06. The SMILES string of the molecule is Cc1ccc(NC(N)=S)cc1CC(=O)O. The zero-order valence-electron chi connectivity index (χ0n) is 8.28. The minimum atomic E-state index is -0.856. The van der Waals surface area contributed by atoms with E-state index in [2.05, 4.69) is 5.32 Å². The Labute approximate surface area is 93.1 Å². The first-order chi connectivity index (χ1) is 6.99.